The van der Waals surface area contributed by atoms with E-state index in [9.17, 15) is 0 Å². The topological polar surface area (TPSA) is 72.2 Å². The van der Waals surface area contributed by atoms with Crippen molar-refractivity contribution in [2.75, 3.05) is 19.0 Å². The van der Waals surface area contributed by atoms with Gasteiger partial charge in [-0.15, -0.1) is 0 Å². The van der Waals surface area contributed by atoms with Crippen LogP contribution < -0.4 is 10.1 Å². The van der Waals surface area contributed by atoms with Crippen LogP contribution in [0.25, 0.3) is 0 Å². The van der Waals surface area contributed by atoms with E-state index >= 15 is 0 Å². The molecule has 2 heterocycles. The van der Waals surface area contributed by atoms with Crippen molar-refractivity contribution in [3.8, 4) is 5.75 Å². The van der Waals surface area contributed by atoms with Crippen molar-refractivity contribution in [1.29, 1.82) is 0 Å². The Balaban J connectivity index is 2.00. The summed E-state index contributed by atoms with van der Waals surface area (Å²) >= 11 is 0. The summed E-state index contributed by atoms with van der Waals surface area (Å²) in [6, 6.07) is 8.09. The predicted octanol–water partition coefficient (Wildman–Crippen LogP) is 1.18. The molecule has 1 aliphatic rings. The summed E-state index contributed by atoms with van der Waals surface area (Å²) in [4.78, 5) is 4.25. The largest absolute Gasteiger partial charge is 0.497 e. The molecule has 0 aliphatic carbocycles. The number of benzene rings is 1. The average Bonchev–Trinajstić information content (AvgIpc) is 2.90. The number of rotatable bonds is 3. The highest BCUT2D eigenvalue weighted by atomic mass is 16.5. The van der Waals surface area contributed by atoms with Gasteiger partial charge < -0.3 is 15.2 Å². The van der Waals surface area contributed by atoms with E-state index in [4.69, 9.17) is 9.84 Å². The van der Waals surface area contributed by atoms with Gasteiger partial charge >= 0.3 is 0 Å². The standard InChI is InChI=1S/C13H16N4O2/c1-19-10-4-2-3-9(7-10)11-5-6-14-13-15-12(8-18)16-17(11)13/h2-4,7,11,18H,5-6,8H2,1H3,(H,14,15,16). The summed E-state index contributed by atoms with van der Waals surface area (Å²) in [5, 5.41) is 16.7. The molecular weight excluding hydrogens is 244 g/mol. The molecule has 1 unspecified atom stereocenters. The van der Waals surface area contributed by atoms with Gasteiger partial charge in [0, 0.05) is 6.54 Å². The Hall–Kier alpha value is -2.08. The molecule has 1 atom stereocenters. The van der Waals surface area contributed by atoms with E-state index in [0.29, 0.717) is 11.8 Å². The van der Waals surface area contributed by atoms with Crippen molar-refractivity contribution in [3.63, 3.8) is 0 Å². The SMILES string of the molecule is COc1cccc(C2CCNc3nc(CO)nn32)c1. The Morgan fingerprint density at radius 3 is 3.21 bits per heavy atom. The average molecular weight is 260 g/mol. The third-order valence-electron chi connectivity index (χ3n) is 3.29. The van der Waals surface area contributed by atoms with Crippen LogP contribution in [0.5, 0.6) is 5.75 Å². The van der Waals surface area contributed by atoms with Gasteiger partial charge in [-0.25, -0.2) is 4.68 Å². The highest BCUT2D eigenvalue weighted by Crippen LogP contribution is 2.30. The molecule has 1 aliphatic heterocycles. The second-order valence-corrected chi connectivity index (χ2v) is 4.46. The van der Waals surface area contributed by atoms with Crippen LogP contribution in [-0.2, 0) is 6.61 Å². The smallest absolute Gasteiger partial charge is 0.222 e. The maximum Gasteiger partial charge on any atom is 0.222 e. The second kappa shape index (κ2) is 4.89. The molecule has 2 aromatic rings. The molecule has 1 aromatic carbocycles. The van der Waals surface area contributed by atoms with Crippen molar-refractivity contribution in [2.24, 2.45) is 0 Å². The molecule has 0 fully saturated rings. The molecule has 0 saturated carbocycles. The van der Waals surface area contributed by atoms with Crippen molar-refractivity contribution < 1.29 is 9.84 Å². The molecule has 19 heavy (non-hydrogen) atoms. The minimum Gasteiger partial charge on any atom is -0.497 e. The van der Waals surface area contributed by atoms with Gasteiger partial charge in [-0.05, 0) is 24.1 Å². The summed E-state index contributed by atoms with van der Waals surface area (Å²) in [5.41, 5.74) is 1.14. The number of aliphatic hydroxyl groups is 1. The summed E-state index contributed by atoms with van der Waals surface area (Å²) in [6.07, 6.45) is 0.925. The number of aromatic nitrogens is 3. The molecule has 0 spiro atoms. The molecule has 2 N–H and O–H groups in total. The normalized spacial score (nSPS) is 17.7. The summed E-state index contributed by atoms with van der Waals surface area (Å²) in [5.74, 6) is 1.99. The highest BCUT2D eigenvalue weighted by molar-refractivity contribution is 5.36. The third-order valence-corrected chi connectivity index (χ3v) is 3.29. The zero-order valence-corrected chi connectivity index (χ0v) is 10.7. The van der Waals surface area contributed by atoms with E-state index in [1.165, 1.54) is 0 Å². The fourth-order valence-electron chi connectivity index (χ4n) is 2.37. The number of nitrogens with one attached hydrogen (secondary N) is 1. The van der Waals surface area contributed by atoms with Gasteiger partial charge in [0.05, 0.1) is 13.2 Å². The predicted molar refractivity (Wildman–Crippen MR) is 70.2 cm³/mol. The Morgan fingerprint density at radius 1 is 1.53 bits per heavy atom. The van der Waals surface area contributed by atoms with E-state index in [1.54, 1.807) is 7.11 Å². The number of anilines is 1. The van der Waals surface area contributed by atoms with Crippen LogP contribution in [0, 0.1) is 0 Å². The maximum atomic E-state index is 9.14. The molecular formula is C13H16N4O2. The van der Waals surface area contributed by atoms with E-state index in [1.807, 2.05) is 22.9 Å². The van der Waals surface area contributed by atoms with Crippen LogP contribution in [0.2, 0.25) is 0 Å². The summed E-state index contributed by atoms with van der Waals surface area (Å²) in [7, 11) is 1.66. The molecule has 6 heteroatoms. The maximum absolute atomic E-state index is 9.14. The van der Waals surface area contributed by atoms with E-state index in [0.717, 1.165) is 24.3 Å². The van der Waals surface area contributed by atoms with Gasteiger partial charge in [0.15, 0.2) is 5.82 Å². The molecule has 1 aromatic heterocycles. The van der Waals surface area contributed by atoms with Gasteiger partial charge in [0.2, 0.25) is 5.95 Å². The third kappa shape index (κ3) is 2.15. The monoisotopic (exact) mass is 260 g/mol. The molecule has 0 saturated heterocycles. The highest BCUT2D eigenvalue weighted by Gasteiger charge is 2.24. The fourth-order valence-corrected chi connectivity index (χ4v) is 2.37. The number of methoxy groups -OCH3 is 1. The Morgan fingerprint density at radius 2 is 2.42 bits per heavy atom. The number of hydrogen-bond acceptors (Lipinski definition) is 5. The molecule has 3 rings (SSSR count). The number of hydrogen-bond donors (Lipinski definition) is 2. The van der Waals surface area contributed by atoms with Gasteiger partial charge in [-0.1, -0.05) is 12.1 Å². The van der Waals surface area contributed by atoms with Gasteiger partial charge in [-0.3, -0.25) is 0 Å². The Kier molecular flexibility index (Phi) is 3.08. The van der Waals surface area contributed by atoms with Crippen LogP contribution >= 0.6 is 0 Å². The number of aliphatic hydroxyl groups excluding tert-OH is 1. The van der Waals surface area contributed by atoms with Crippen LogP contribution in [0.4, 0.5) is 5.95 Å². The first-order chi connectivity index (χ1) is 9.31. The number of nitrogens with zero attached hydrogens (tertiary/aromatic N) is 3. The molecule has 6 nitrogen and oxygen atoms in total. The first kappa shape index (κ1) is 12.0. The van der Waals surface area contributed by atoms with E-state index in [2.05, 4.69) is 21.5 Å². The Bertz CT molecular complexity index is 582. The van der Waals surface area contributed by atoms with Crippen molar-refractivity contribution in [3.05, 3.63) is 35.7 Å². The zero-order chi connectivity index (χ0) is 13.2. The van der Waals surface area contributed by atoms with Crippen LogP contribution in [0.15, 0.2) is 24.3 Å². The van der Waals surface area contributed by atoms with Crippen molar-refractivity contribution >= 4 is 5.95 Å². The van der Waals surface area contributed by atoms with Crippen molar-refractivity contribution in [1.82, 2.24) is 14.8 Å². The summed E-state index contributed by atoms with van der Waals surface area (Å²) in [6.45, 7) is 0.692. The lowest BCUT2D eigenvalue weighted by Crippen LogP contribution is -2.24. The minimum atomic E-state index is -0.146. The fraction of sp³-hybridized carbons (Fsp3) is 0.385. The minimum absolute atomic E-state index is 0.124. The lowest BCUT2D eigenvalue weighted by Gasteiger charge is -2.24. The van der Waals surface area contributed by atoms with E-state index < -0.39 is 0 Å². The molecule has 0 amide bonds. The first-order valence-electron chi connectivity index (χ1n) is 6.26. The van der Waals surface area contributed by atoms with Gasteiger partial charge in [-0.2, -0.15) is 10.1 Å². The zero-order valence-electron chi connectivity index (χ0n) is 10.7. The van der Waals surface area contributed by atoms with Gasteiger partial charge in [0.1, 0.15) is 12.4 Å². The quantitative estimate of drug-likeness (QED) is 0.867. The Labute approximate surface area is 111 Å². The van der Waals surface area contributed by atoms with Crippen LogP contribution in [-0.4, -0.2) is 33.5 Å². The first-order valence-corrected chi connectivity index (χ1v) is 6.26. The van der Waals surface area contributed by atoms with Crippen LogP contribution in [0.1, 0.15) is 23.9 Å². The van der Waals surface area contributed by atoms with Crippen molar-refractivity contribution in [2.45, 2.75) is 19.1 Å². The van der Waals surface area contributed by atoms with E-state index in [-0.39, 0.29) is 12.6 Å². The van der Waals surface area contributed by atoms with Gasteiger partial charge in [0.25, 0.3) is 0 Å². The number of ether oxygens (including phenoxy) is 1. The molecule has 0 bridgehead atoms. The summed E-state index contributed by atoms with van der Waals surface area (Å²) < 4.78 is 7.10. The molecule has 100 valence electrons. The number of fused-ring (bicyclic) bond motifs is 1. The van der Waals surface area contributed by atoms with Crippen LogP contribution in [0.3, 0.4) is 0 Å². The second-order valence-electron chi connectivity index (χ2n) is 4.46. The lowest BCUT2D eigenvalue weighted by molar-refractivity contribution is 0.270. The molecule has 0 radical (unpaired) electrons. The lowest BCUT2D eigenvalue weighted by atomic mass is 10.0.